The van der Waals surface area contributed by atoms with Crippen molar-refractivity contribution in [2.24, 2.45) is 0 Å². The van der Waals surface area contributed by atoms with Crippen LogP contribution in [-0.4, -0.2) is 28.0 Å². The summed E-state index contributed by atoms with van der Waals surface area (Å²) in [5, 5.41) is 12.2. The molecule has 0 atom stereocenters. The van der Waals surface area contributed by atoms with Gasteiger partial charge in [0.25, 0.3) is 0 Å². The van der Waals surface area contributed by atoms with E-state index < -0.39 is 0 Å². The Bertz CT molecular complexity index is 629. The van der Waals surface area contributed by atoms with E-state index in [0.29, 0.717) is 0 Å². The van der Waals surface area contributed by atoms with Crippen LogP contribution in [0.5, 0.6) is 5.75 Å². The number of ether oxygens (including phenoxy) is 1. The zero-order valence-corrected chi connectivity index (χ0v) is 13.9. The van der Waals surface area contributed by atoms with E-state index in [1.807, 2.05) is 43.5 Å². The van der Waals surface area contributed by atoms with E-state index in [1.165, 1.54) is 0 Å². The quantitative estimate of drug-likeness (QED) is 0.785. The standard InChI is InChI=1S/C16H20N4OS/c1-4-11-22-16-18-15(12(2)19-20-16)9-10-17-13-5-7-14(21-3)8-6-13/h5-10,17H,4,11H2,1-3H3. The van der Waals surface area contributed by atoms with Gasteiger partial charge in [0, 0.05) is 17.6 Å². The number of nitrogens with zero attached hydrogens (tertiary/aromatic N) is 3. The summed E-state index contributed by atoms with van der Waals surface area (Å²) < 4.78 is 5.13. The zero-order chi connectivity index (χ0) is 15.8. The third-order valence-electron chi connectivity index (χ3n) is 2.89. The van der Waals surface area contributed by atoms with Crippen LogP contribution >= 0.6 is 11.8 Å². The molecule has 0 spiro atoms. The van der Waals surface area contributed by atoms with Gasteiger partial charge in [0.15, 0.2) is 0 Å². The fourth-order valence-electron chi connectivity index (χ4n) is 1.69. The van der Waals surface area contributed by atoms with Crippen LogP contribution in [0.25, 0.3) is 6.08 Å². The van der Waals surface area contributed by atoms with Crippen molar-refractivity contribution in [2.75, 3.05) is 18.2 Å². The lowest BCUT2D eigenvalue weighted by Crippen LogP contribution is -1.99. The monoisotopic (exact) mass is 316 g/mol. The highest BCUT2D eigenvalue weighted by atomic mass is 32.2. The number of hydrogen-bond acceptors (Lipinski definition) is 6. The Balaban J connectivity index is 2.01. The van der Waals surface area contributed by atoms with Crippen LogP contribution in [0, 0.1) is 6.92 Å². The minimum atomic E-state index is 0.719. The van der Waals surface area contributed by atoms with Crippen LogP contribution in [0.1, 0.15) is 24.7 Å². The first-order chi connectivity index (χ1) is 10.7. The van der Waals surface area contributed by atoms with Crippen LogP contribution in [0.3, 0.4) is 0 Å². The molecule has 22 heavy (non-hydrogen) atoms. The second-order valence-electron chi connectivity index (χ2n) is 4.62. The fourth-order valence-corrected chi connectivity index (χ4v) is 2.34. The van der Waals surface area contributed by atoms with Crippen LogP contribution in [0.2, 0.25) is 0 Å². The molecule has 0 amide bonds. The molecule has 0 aliphatic carbocycles. The predicted octanol–water partition coefficient (Wildman–Crippen LogP) is 3.77. The average Bonchev–Trinajstić information content (AvgIpc) is 2.56. The van der Waals surface area contributed by atoms with Crippen LogP contribution < -0.4 is 10.1 Å². The second-order valence-corrected chi connectivity index (χ2v) is 5.68. The molecule has 0 unspecified atom stereocenters. The summed E-state index contributed by atoms with van der Waals surface area (Å²) in [5.41, 5.74) is 2.63. The van der Waals surface area contributed by atoms with Crippen molar-refractivity contribution in [3.8, 4) is 5.75 Å². The van der Waals surface area contributed by atoms with Gasteiger partial charge in [-0.2, -0.15) is 5.10 Å². The minimum Gasteiger partial charge on any atom is -0.497 e. The molecular weight excluding hydrogens is 296 g/mol. The highest BCUT2D eigenvalue weighted by Gasteiger charge is 2.03. The van der Waals surface area contributed by atoms with E-state index in [4.69, 9.17) is 4.74 Å². The third kappa shape index (κ3) is 4.73. The van der Waals surface area contributed by atoms with Gasteiger partial charge < -0.3 is 10.1 Å². The molecule has 0 radical (unpaired) electrons. The molecule has 0 bridgehead atoms. The molecule has 0 saturated carbocycles. The van der Waals surface area contributed by atoms with E-state index in [2.05, 4.69) is 27.4 Å². The summed E-state index contributed by atoms with van der Waals surface area (Å²) in [6.45, 7) is 4.04. The third-order valence-corrected chi connectivity index (χ3v) is 3.93. The molecule has 1 aromatic carbocycles. The van der Waals surface area contributed by atoms with Gasteiger partial charge in [-0.05, 0) is 43.7 Å². The number of rotatable bonds is 7. The fraction of sp³-hybridized carbons (Fsp3) is 0.312. The maximum absolute atomic E-state index is 5.13. The maximum atomic E-state index is 5.13. The number of aryl methyl sites for hydroxylation is 1. The number of aromatic nitrogens is 3. The smallest absolute Gasteiger partial charge is 0.209 e. The topological polar surface area (TPSA) is 59.9 Å². The molecule has 2 rings (SSSR count). The maximum Gasteiger partial charge on any atom is 0.209 e. The molecule has 6 heteroatoms. The summed E-state index contributed by atoms with van der Waals surface area (Å²) in [6, 6.07) is 7.73. The Morgan fingerprint density at radius 3 is 2.68 bits per heavy atom. The first-order valence-corrected chi connectivity index (χ1v) is 8.12. The number of nitrogens with one attached hydrogen (secondary N) is 1. The van der Waals surface area contributed by atoms with Crippen molar-refractivity contribution >= 4 is 23.5 Å². The Kier molecular flexibility index (Phi) is 6.21. The number of benzene rings is 1. The van der Waals surface area contributed by atoms with E-state index in [1.54, 1.807) is 18.9 Å². The summed E-state index contributed by atoms with van der Waals surface area (Å²) in [4.78, 5) is 4.51. The molecule has 0 saturated heterocycles. The van der Waals surface area contributed by atoms with Crippen molar-refractivity contribution in [2.45, 2.75) is 25.4 Å². The number of methoxy groups -OCH3 is 1. The van der Waals surface area contributed by atoms with Gasteiger partial charge in [0.2, 0.25) is 5.16 Å². The summed E-state index contributed by atoms with van der Waals surface area (Å²) >= 11 is 1.62. The molecule has 5 nitrogen and oxygen atoms in total. The van der Waals surface area contributed by atoms with Gasteiger partial charge in [-0.3, -0.25) is 0 Å². The molecule has 2 aromatic rings. The Labute approximate surface area is 135 Å². The van der Waals surface area contributed by atoms with Gasteiger partial charge in [-0.25, -0.2) is 4.98 Å². The summed E-state index contributed by atoms with van der Waals surface area (Å²) in [6.07, 6.45) is 4.85. The van der Waals surface area contributed by atoms with Gasteiger partial charge in [-0.1, -0.05) is 18.7 Å². The van der Waals surface area contributed by atoms with E-state index in [9.17, 15) is 0 Å². The Morgan fingerprint density at radius 2 is 2.00 bits per heavy atom. The van der Waals surface area contributed by atoms with Crippen LogP contribution in [0.15, 0.2) is 35.6 Å². The molecule has 116 valence electrons. The summed E-state index contributed by atoms with van der Waals surface area (Å²) in [7, 11) is 1.65. The number of hydrogen-bond donors (Lipinski definition) is 1. The molecular formula is C16H20N4OS. The van der Waals surface area contributed by atoms with Crippen molar-refractivity contribution in [3.05, 3.63) is 41.9 Å². The molecule has 0 fully saturated rings. The van der Waals surface area contributed by atoms with Crippen molar-refractivity contribution in [1.29, 1.82) is 0 Å². The average molecular weight is 316 g/mol. The van der Waals surface area contributed by atoms with Gasteiger partial charge in [-0.15, -0.1) is 5.10 Å². The highest BCUT2D eigenvalue weighted by Crippen LogP contribution is 2.16. The van der Waals surface area contributed by atoms with E-state index >= 15 is 0 Å². The lowest BCUT2D eigenvalue weighted by Gasteiger charge is -2.04. The van der Waals surface area contributed by atoms with Crippen LogP contribution in [-0.2, 0) is 0 Å². The Morgan fingerprint density at radius 1 is 1.23 bits per heavy atom. The second kappa shape index (κ2) is 8.38. The van der Waals surface area contributed by atoms with Gasteiger partial charge in [0.1, 0.15) is 5.75 Å². The predicted molar refractivity (Wildman–Crippen MR) is 91.2 cm³/mol. The van der Waals surface area contributed by atoms with E-state index in [-0.39, 0.29) is 0 Å². The normalized spacial score (nSPS) is 10.9. The molecule has 1 aromatic heterocycles. The largest absolute Gasteiger partial charge is 0.497 e. The van der Waals surface area contributed by atoms with Crippen molar-refractivity contribution in [1.82, 2.24) is 15.2 Å². The van der Waals surface area contributed by atoms with Crippen molar-refractivity contribution in [3.63, 3.8) is 0 Å². The molecule has 1 N–H and O–H groups in total. The Hall–Kier alpha value is -2.08. The SMILES string of the molecule is CCCSc1nnc(C)c(C=CNc2ccc(OC)cc2)n1. The highest BCUT2D eigenvalue weighted by molar-refractivity contribution is 7.99. The first kappa shape index (κ1) is 16.3. The molecule has 0 aliphatic rings. The lowest BCUT2D eigenvalue weighted by molar-refractivity contribution is 0.415. The number of anilines is 1. The van der Waals surface area contributed by atoms with E-state index in [0.717, 1.165) is 40.2 Å². The summed E-state index contributed by atoms with van der Waals surface area (Å²) in [5.74, 6) is 1.83. The first-order valence-electron chi connectivity index (χ1n) is 7.14. The molecule has 0 aliphatic heterocycles. The van der Waals surface area contributed by atoms with Crippen molar-refractivity contribution < 1.29 is 4.74 Å². The number of thioether (sulfide) groups is 1. The van der Waals surface area contributed by atoms with Crippen LogP contribution in [0.4, 0.5) is 5.69 Å². The molecule has 1 heterocycles. The van der Waals surface area contributed by atoms with Gasteiger partial charge >= 0.3 is 0 Å². The lowest BCUT2D eigenvalue weighted by atomic mass is 10.3. The zero-order valence-electron chi connectivity index (χ0n) is 13.0. The minimum absolute atomic E-state index is 0.719. The van der Waals surface area contributed by atoms with Gasteiger partial charge in [0.05, 0.1) is 18.5 Å².